The lowest BCUT2D eigenvalue weighted by atomic mass is 10.0. The predicted octanol–water partition coefficient (Wildman–Crippen LogP) is 5.91. The van der Waals surface area contributed by atoms with Crippen LogP contribution in [0.2, 0.25) is 5.02 Å². The molecule has 1 aromatic carbocycles. The molecular formula is C26H34ClF2NO6. The Balaban J connectivity index is 2.57. The summed E-state index contributed by atoms with van der Waals surface area (Å²) in [6.07, 6.45) is -1.12. The number of aromatic nitrogens is 1. The molecule has 0 aliphatic rings. The summed E-state index contributed by atoms with van der Waals surface area (Å²) in [5.74, 6) is -0.276. The van der Waals surface area contributed by atoms with Gasteiger partial charge < -0.3 is 18.9 Å². The van der Waals surface area contributed by atoms with Gasteiger partial charge >= 0.3 is 5.97 Å². The van der Waals surface area contributed by atoms with Gasteiger partial charge in [-0.2, -0.15) is 0 Å². The topological polar surface area (TPSA) is 76.0 Å². The zero-order valence-corrected chi connectivity index (χ0v) is 22.4. The maximum atomic E-state index is 13.3. The largest absolute Gasteiger partial charge is 0.495 e. The average molecular weight is 530 g/mol. The number of halogens is 3. The van der Waals surface area contributed by atoms with Gasteiger partial charge in [-0.25, -0.2) is 13.6 Å². The molecule has 0 aliphatic heterocycles. The summed E-state index contributed by atoms with van der Waals surface area (Å²) >= 11 is 6.14. The van der Waals surface area contributed by atoms with E-state index in [1.807, 2.05) is 20.8 Å². The Hall–Kier alpha value is -2.65. The number of rotatable bonds is 10. The number of hydrogen-bond donors (Lipinski definition) is 0. The Morgan fingerprint density at radius 2 is 1.67 bits per heavy atom. The van der Waals surface area contributed by atoms with Crippen molar-refractivity contribution in [2.75, 3.05) is 20.3 Å². The smallest absolute Gasteiger partial charge is 0.329 e. The fourth-order valence-electron chi connectivity index (χ4n) is 3.35. The summed E-state index contributed by atoms with van der Waals surface area (Å²) < 4.78 is 48.9. The van der Waals surface area contributed by atoms with Crippen molar-refractivity contribution in [1.82, 2.24) is 4.57 Å². The molecule has 0 bridgehead atoms. The molecule has 0 saturated carbocycles. The Morgan fingerprint density at radius 3 is 2.22 bits per heavy atom. The summed E-state index contributed by atoms with van der Waals surface area (Å²) in [5.41, 5.74) is -1.16. The van der Waals surface area contributed by atoms with Crippen molar-refractivity contribution in [2.45, 2.75) is 71.6 Å². The molecule has 0 aliphatic carbocycles. The van der Waals surface area contributed by atoms with Crippen LogP contribution in [-0.2, 0) is 14.3 Å². The Labute approximate surface area is 215 Å². The van der Waals surface area contributed by atoms with Crippen LogP contribution in [-0.4, -0.2) is 48.5 Å². The molecule has 1 unspecified atom stereocenters. The Morgan fingerprint density at radius 1 is 1.03 bits per heavy atom. The van der Waals surface area contributed by atoms with Gasteiger partial charge in [0.25, 0.3) is 12.0 Å². The number of pyridine rings is 1. The molecule has 2 aromatic rings. The second kappa shape index (κ2) is 12.1. The molecule has 7 nitrogen and oxygen atoms in total. The molecule has 0 saturated heterocycles. The molecule has 10 heteroatoms. The summed E-state index contributed by atoms with van der Waals surface area (Å²) in [5, 5.41) is 0.312. The maximum Gasteiger partial charge on any atom is 0.329 e. The monoisotopic (exact) mass is 529 g/mol. The van der Waals surface area contributed by atoms with E-state index in [2.05, 4.69) is 0 Å². The minimum Gasteiger partial charge on any atom is -0.495 e. The van der Waals surface area contributed by atoms with Gasteiger partial charge in [-0.05, 0) is 59.7 Å². The van der Waals surface area contributed by atoms with Crippen LogP contribution in [0.1, 0.15) is 54.0 Å². The summed E-state index contributed by atoms with van der Waals surface area (Å²) in [7, 11) is 1.39. The number of nitrogens with zero attached hydrogens (tertiary/aromatic N) is 1. The molecular weight excluding hydrogens is 496 g/mol. The van der Waals surface area contributed by atoms with Gasteiger partial charge in [0.05, 0.1) is 18.9 Å². The molecule has 0 fully saturated rings. The summed E-state index contributed by atoms with van der Waals surface area (Å²) in [4.78, 5) is 26.4. The Kier molecular flexibility index (Phi) is 9.91. The van der Waals surface area contributed by atoms with Crippen LogP contribution in [0.25, 0.3) is 11.1 Å². The van der Waals surface area contributed by atoms with Crippen LogP contribution < -0.4 is 15.0 Å². The third kappa shape index (κ3) is 8.78. The number of hydrogen-bond acceptors (Lipinski definition) is 6. The summed E-state index contributed by atoms with van der Waals surface area (Å²) in [6, 6.07) is 4.69. The highest BCUT2D eigenvalue weighted by Crippen LogP contribution is 2.38. The number of ether oxygens (including phenoxy) is 4. The first-order valence-corrected chi connectivity index (χ1v) is 11.9. The number of benzene rings is 1. The highest BCUT2D eigenvalue weighted by atomic mass is 35.5. The molecule has 0 N–H and O–H groups in total. The normalized spacial score (nSPS) is 13.0. The SMILES string of the molecule is COc1cn(C(CCOC(C)(C)C)C(=O)OC(C)(C)C)c(=O)cc1-c1cc(Cl)ccc1OCC(F)F. The van der Waals surface area contributed by atoms with Crippen molar-refractivity contribution in [3.63, 3.8) is 0 Å². The molecule has 1 heterocycles. The molecule has 0 spiro atoms. The van der Waals surface area contributed by atoms with E-state index in [-0.39, 0.29) is 30.1 Å². The lowest BCUT2D eigenvalue weighted by Gasteiger charge is -2.27. The first-order chi connectivity index (χ1) is 16.6. The van der Waals surface area contributed by atoms with Gasteiger partial charge in [0, 0.05) is 35.2 Å². The molecule has 36 heavy (non-hydrogen) atoms. The number of alkyl halides is 2. The van der Waals surface area contributed by atoms with Crippen LogP contribution in [0.15, 0.2) is 35.3 Å². The molecule has 2 rings (SSSR count). The van der Waals surface area contributed by atoms with Crippen molar-refractivity contribution in [3.05, 3.63) is 45.8 Å². The van der Waals surface area contributed by atoms with Crippen LogP contribution in [0.5, 0.6) is 11.5 Å². The number of esters is 1. The maximum absolute atomic E-state index is 13.3. The zero-order valence-electron chi connectivity index (χ0n) is 21.7. The summed E-state index contributed by atoms with van der Waals surface area (Å²) in [6.45, 7) is 10.2. The fourth-order valence-corrected chi connectivity index (χ4v) is 3.53. The van der Waals surface area contributed by atoms with Crippen molar-refractivity contribution >= 4 is 17.6 Å². The van der Waals surface area contributed by atoms with Crippen molar-refractivity contribution in [2.24, 2.45) is 0 Å². The van der Waals surface area contributed by atoms with E-state index in [4.69, 9.17) is 30.5 Å². The molecule has 1 aromatic heterocycles. The van der Waals surface area contributed by atoms with Gasteiger partial charge in [-0.1, -0.05) is 11.6 Å². The third-order valence-corrected chi connectivity index (χ3v) is 5.04. The highest BCUT2D eigenvalue weighted by molar-refractivity contribution is 6.31. The van der Waals surface area contributed by atoms with Gasteiger partial charge in [0.1, 0.15) is 29.7 Å². The van der Waals surface area contributed by atoms with Crippen LogP contribution >= 0.6 is 11.6 Å². The number of carbonyl (C=O) groups is 1. The van der Waals surface area contributed by atoms with Gasteiger partial charge in [-0.3, -0.25) is 9.36 Å². The highest BCUT2D eigenvalue weighted by Gasteiger charge is 2.29. The van der Waals surface area contributed by atoms with E-state index in [0.717, 1.165) is 0 Å². The Bertz CT molecular complexity index is 1110. The molecule has 200 valence electrons. The minimum atomic E-state index is -2.69. The van der Waals surface area contributed by atoms with Crippen LogP contribution in [0.3, 0.4) is 0 Å². The quantitative estimate of drug-likeness (QED) is 0.356. The third-order valence-electron chi connectivity index (χ3n) is 4.80. The van der Waals surface area contributed by atoms with E-state index in [0.29, 0.717) is 10.6 Å². The van der Waals surface area contributed by atoms with Gasteiger partial charge in [0.2, 0.25) is 0 Å². The van der Waals surface area contributed by atoms with Gasteiger partial charge in [-0.15, -0.1) is 0 Å². The van der Waals surface area contributed by atoms with E-state index in [1.54, 1.807) is 20.8 Å². The predicted molar refractivity (Wildman–Crippen MR) is 134 cm³/mol. The lowest BCUT2D eigenvalue weighted by molar-refractivity contribution is -0.160. The average Bonchev–Trinajstić information content (AvgIpc) is 2.74. The fraction of sp³-hybridized carbons (Fsp3) is 0.538. The van der Waals surface area contributed by atoms with Crippen molar-refractivity contribution in [1.29, 1.82) is 0 Å². The molecule has 0 radical (unpaired) electrons. The van der Waals surface area contributed by atoms with Crippen molar-refractivity contribution in [3.8, 4) is 22.6 Å². The first-order valence-electron chi connectivity index (χ1n) is 11.5. The molecule has 1 atom stereocenters. The first kappa shape index (κ1) is 29.6. The lowest BCUT2D eigenvalue weighted by Crippen LogP contribution is -2.36. The van der Waals surface area contributed by atoms with Gasteiger partial charge in [0.15, 0.2) is 0 Å². The van der Waals surface area contributed by atoms with Crippen LogP contribution in [0, 0.1) is 0 Å². The number of carbonyl (C=O) groups excluding carboxylic acids is 1. The van der Waals surface area contributed by atoms with Crippen molar-refractivity contribution < 1.29 is 32.5 Å². The van der Waals surface area contributed by atoms with E-state index in [1.165, 1.54) is 42.1 Å². The standard InChI is InChI=1S/C26H34ClF2NO6/c1-25(2,3)35-11-10-19(24(32)36-26(4,5)6)30-14-21(33-7)18(13-23(30)31)17-12-16(27)8-9-20(17)34-15-22(28)29/h8-9,12-14,19,22H,10-11,15H2,1-7H3. The van der Waals surface area contributed by atoms with Crippen LogP contribution in [0.4, 0.5) is 8.78 Å². The second-order valence-electron chi connectivity index (χ2n) is 10.1. The van der Waals surface area contributed by atoms with E-state index < -0.39 is 41.8 Å². The molecule has 0 amide bonds. The second-order valence-corrected chi connectivity index (χ2v) is 10.6. The van der Waals surface area contributed by atoms with E-state index >= 15 is 0 Å². The van der Waals surface area contributed by atoms with E-state index in [9.17, 15) is 18.4 Å². The number of methoxy groups -OCH3 is 1. The zero-order chi connectivity index (χ0) is 27.3. The minimum absolute atomic E-state index is 0.109.